The Hall–Kier alpha value is -0.0200. The van der Waals surface area contributed by atoms with Crippen LogP contribution in [0.3, 0.4) is 0 Å². The first kappa shape index (κ1) is 14.0. The third-order valence-electron chi connectivity index (χ3n) is 2.21. The zero-order valence-corrected chi connectivity index (χ0v) is 10.2. The number of rotatable bonds is 6. The minimum atomic E-state index is 0.691. The van der Waals surface area contributed by atoms with Gasteiger partial charge in [-0.05, 0) is 12.8 Å². The van der Waals surface area contributed by atoms with E-state index >= 15 is 0 Å². The Labute approximate surface area is 92.2 Å². The van der Waals surface area contributed by atoms with E-state index in [0.29, 0.717) is 6.42 Å². The van der Waals surface area contributed by atoms with Crippen molar-refractivity contribution in [3.8, 4) is 0 Å². The lowest BCUT2D eigenvalue weighted by atomic mass is 10.3. The Morgan fingerprint density at radius 3 is 2.57 bits per heavy atom. The summed E-state index contributed by atoms with van der Waals surface area (Å²) in [6, 6.07) is 0.758. The van der Waals surface area contributed by atoms with Crippen molar-refractivity contribution in [2.45, 2.75) is 52.0 Å². The van der Waals surface area contributed by atoms with Crippen molar-refractivity contribution in [2.24, 2.45) is 0 Å². The van der Waals surface area contributed by atoms with Gasteiger partial charge < -0.3 is 10.1 Å². The van der Waals surface area contributed by atoms with Gasteiger partial charge in [-0.15, -0.1) is 11.8 Å². The quantitative estimate of drug-likeness (QED) is 0.421. The molecule has 1 aliphatic carbocycles. The third kappa shape index (κ3) is 7.39. The fraction of sp³-hybridized carbons (Fsp3) is 0.909. The molecule has 14 heavy (non-hydrogen) atoms. The Bertz CT molecular complexity index is 124. The van der Waals surface area contributed by atoms with Gasteiger partial charge in [-0.25, -0.2) is 0 Å². The molecule has 0 aromatic heterocycles. The summed E-state index contributed by atoms with van der Waals surface area (Å²) in [6.45, 7) is 4.00. The lowest BCUT2D eigenvalue weighted by Gasteiger charge is -2.10. The van der Waals surface area contributed by atoms with Crippen molar-refractivity contribution in [3.63, 3.8) is 0 Å². The fourth-order valence-corrected chi connectivity index (χ4v) is 2.27. The average Bonchev–Trinajstić information content (AvgIpc) is 2.74. The fourth-order valence-electron chi connectivity index (χ4n) is 1.51. The average molecular weight is 217 g/mol. The monoisotopic (exact) mass is 217 g/mol. The summed E-state index contributed by atoms with van der Waals surface area (Å²) < 4.78 is 0. The highest BCUT2D eigenvalue weighted by molar-refractivity contribution is 7.99. The van der Waals surface area contributed by atoms with Gasteiger partial charge in [0.1, 0.15) is 6.29 Å². The van der Waals surface area contributed by atoms with Gasteiger partial charge in [-0.2, -0.15) is 0 Å². The highest BCUT2D eigenvalue weighted by Crippen LogP contribution is 2.17. The molecule has 0 spiro atoms. The standard InChI is InChI=1S/C9H17NOS.C2H6/c11-6-3-7-12-8-10-9-4-1-2-5-9;1-2/h6,9-10H,1-5,7-8H2;1-2H3. The molecule has 3 heteroatoms. The molecule has 1 saturated carbocycles. The second kappa shape index (κ2) is 11.1. The number of thioether (sulfide) groups is 1. The molecular weight excluding hydrogens is 194 g/mol. The molecule has 0 atom stereocenters. The van der Waals surface area contributed by atoms with Gasteiger partial charge in [0, 0.05) is 24.1 Å². The summed E-state index contributed by atoms with van der Waals surface area (Å²) in [4.78, 5) is 9.99. The normalized spacial score (nSPS) is 16.1. The van der Waals surface area contributed by atoms with Crippen LogP contribution in [0.15, 0.2) is 0 Å². The molecule has 0 aromatic rings. The topological polar surface area (TPSA) is 29.1 Å². The molecule has 0 amide bonds. The van der Waals surface area contributed by atoms with E-state index in [2.05, 4.69) is 5.32 Å². The van der Waals surface area contributed by atoms with E-state index in [9.17, 15) is 4.79 Å². The van der Waals surface area contributed by atoms with Crippen LogP contribution in [0.1, 0.15) is 46.0 Å². The lowest BCUT2D eigenvalue weighted by Crippen LogP contribution is -2.25. The van der Waals surface area contributed by atoms with Crippen molar-refractivity contribution in [3.05, 3.63) is 0 Å². The summed E-state index contributed by atoms with van der Waals surface area (Å²) in [6.07, 6.45) is 7.13. The van der Waals surface area contributed by atoms with Crippen LogP contribution < -0.4 is 5.32 Å². The zero-order chi connectivity index (χ0) is 10.6. The minimum Gasteiger partial charge on any atom is -0.305 e. The van der Waals surface area contributed by atoms with Gasteiger partial charge in [0.05, 0.1) is 0 Å². The lowest BCUT2D eigenvalue weighted by molar-refractivity contribution is -0.107. The highest BCUT2D eigenvalue weighted by Gasteiger charge is 2.12. The van der Waals surface area contributed by atoms with Crippen molar-refractivity contribution in [1.82, 2.24) is 5.32 Å². The molecule has 0 aliphatic heterocycles. The van der Waals surface area contributed by atoms with E-state index in [1.54, 1.807) is 0 Å². The van der Waals surface area contributed by atoms with Gasteiger partial charge in [0.25, 0.3) is 0 Å². The zero-order valence-electron chi connectivity index (χ0n) is 9.42. The molecule has 1 N–H and O–H groups in total. The van der Waals surface area contributed by atoms with Crippen LogP contribution in [0.5, 0.6) is 0 Å². The van der Waals surface area contributed by atoms with Crippen molar-refractivity contribution < 1.29 is 4.79 Å². The minimum absolute atomic E-state index is 0.691. The first-order valence-corrected chi connectivity index (χ1v) is 6.83. The summed E-state index contributed by atoms with van der Waals surface area (Å²) in [5.74, 6) is 1.97. The largest absolute Gasteiger partial charge is 0.305 e. The Morgan fingerprint density at radius 2 is 2.00 bits per heavy atom. The SMILES string of the molecule is CC.O=CCCSCNC1CCCC1. The number of hydrogen-bond donors (Lipinski definition) is 1. The second-order valence-electron chi connectivity index (χ2n) is 3.19. The van der Waals surface area contributed by atoms with Gasteiger partial charge in [0.2, 0.25) is 0 Å². The van der Waals surface area contributed by atoms with Crippen LogP contribution >= 0.6 is 11.8 Å². The van der Waals surface area contributed by atoms with E-state index in [1.165, 1.54) is 25.7 Å². The van der Waals surface area contributed by atoms with Crippen LogP contribution in [0.4, 0.5) is 0 Å². The molecule has 0 bridgehead atoms. The summed E-state index contributed by atoms with van der Waals surface area (Å²) >= 11 is 1.82. The van der Waals surface area contributed by atoms with Gasteiger partial charge in [0.15, 0.2) is 0 Å². The molecular formula is C11H23NOS. The van der Waals surface area contributed by atoms with Crippen molar-refractivity contribution in [2.75, 3.05) is 11.6 Å². The van der Waals surface area contributed by atoms with Gasteiger partial charge in [-0.1, -0.05) is 26.7 Å². The summed E-state index contributed by atoms with van der Waals surface area (Å²) in [7, 11) is 0. The number of aldehydes is 1. The number of carbonyl (C=O) groups is 1. The molecule has 2 nitrogen and oxygen atoms in total. The first-order chi connectivity index (χ1) is 6.93. The van der Waals surface area contributed by atoms with Crippen molar-refractivity contribution >= 4 is 18.0 Å². The maximum absolute atomic E-state index is 9.99. The predicted molar refractivity (Wildman–Crippen MR) is 64.7 cm³/mol. The van der Waals surface area contributed by atoms with Crippen LogP contribution in [-0.4, -0.2) is 24.0 Å². The molecule has 1 aliphatic rings. The van der Waals surface area contributed by atoms with Gasteiger partial charge in [-0.3, -0.25) is 0 Å². The van der Waals surface area contributed by atoms with E-state index in [-0.39, 0.29) is 0 Å². The molecule has 0 aromatic carbocycles. The summed E-state index contributed by atoms with van der Waals surface area (Å²) in [5.41, 5.74) is 0. The van der Waals surface area contributed by atoms with Gasteiger partial charge >= 0.3 is 0 Å². The van der Waals surface area contributed by atoms with Crippen LogP contribution in [0, 0.1) is 0 Å². The molecule has 84 valence electrons. The molecule has 1 fully saturated rings. The van der Waals surface area contributed by atoms with E-state index in [1.807, 2.05) is 25.6 Å². The third-order valence-corrected chi connectivity index (χ3v) is 3.10. The van der Waals surface area contributed by atoms with E-state index in [4.69, 9.17) is 0 Å². The van der Waals surface area contributed by atoms with Crippen LogP contribution in [0.2, 0.25) is 0 Å². The van der Waals surface area contributed by atoms with Crippen LogP contribution in [0.25, 0.3) is 0 Å². The van der Waals surface area contributed by atoms with E-state index in [0.717, 1.165) is 24.0 Å². The Balaban J connectivity index is 0.000000791. The maximum atomic E-state index is 9.99. The predicted octanol–water partition coefficient (Wildman–Crippen LogP) is 2.82. The second-order valence-corrected chi connectivity index (χ2v) is 4.30. The molecule has 0 heterocycles. The highest BCUT2D eigenvalue weighted by atomic mass is 32.2. The molecule has 0 unspecified atom stereocenters. The van der Waals surface area contributed by atoms with Crippen molar-refractivity contribution in [1.29, 1.82) is 0 Å². The summed E-state index contributed by atoms with van der Waals surface area (Å²) in [5, 5.41) is 3.49. The first-order valence-electron chi connectivity index (χ1n) is 5.68. The molecule has 1 rings (SSSR count). The smallest absolute Gasteiger partial charge is 0.120 e. The Morgan fingerprint density at radius 1 is 1.36 bits per heavy atom. The maximum Gasteiger partial charge on any atom is 0.120 e. The number of hydrogen-bond acceptors (Lipinski definition) is 3. The number of nitrogens with one attached hydrogen (secondary N) is 1. The van der Waals surface area contributed by atoms with Crippen LogP contribution in [-0.2, 0) is 4.79 Å². The number of carbonyl (C=O) groups excluding carboxylic acids is 1. The Kier molecular flexibility index (Phi) is 11.0. The van der Waals surface area contributed by atoms with E-state index < -0.39 is 0 Å². The molecule has 0 radical (unpaired) electrons. The molecule has 0 saturated heterocycles.